The molecular weight excluding hydrogens is 486 g/mol. The number of nitrogens with zero attached hydrogens (tertiary/aromatic N) is 3. The predicted octanol–water partition coefficient (Wildman–Crippen LogP) is 7.21. The van der Waals surface area contributed by atoms with E-state index >= 15 is 0 Å². The lowest BCUT2D eigenvalue weighted by Gasteiger charge is -2.33. The molecule has 0 spiro atoms. The maximum atomic E-state index is 13.0. The van der Waals surface area contributed by atoms with E-state index in [0.29, 0.717) is 30.5 Å². The summed E-state index contributed by atoms with van der Waals surface area (Å²) in [6.07, 6.45) is -0.486. The van der Waals surface area contributed by atoms with Crippen LogP contribution in [-0.4, -0.2) is 18.2 Å². The molecule has 1 heterocycles. The van der Waals surface area contributed by atoms with E-state index in [2.05, 4.69) is 13.0 Å². The number of benzene rings is 4. The molecule has 1 aliphatic rings. The summed E-state index contributed by atoms with van der Waals surface area (Å²) in [6, 6.07) is 32.2. The van der Waals surface area contributed by atoms with Crippen molar-refractivity contribution in [3.63, 3.8) is 0 Å². The first-order valence-corrected chi connectivity index (χ1v) is 13.2. The predicted molar refractivity (Wildman–Crippen MR) is 157 cm³/mol. The van der Waals surface area contributed by atoms with E-state index in [1.807, 2.05) is 115 Å². The van der Waals surface area contributed by atoms with Gasteiger partial charge in [-0.15, -0.1) is 5.10 Å². The van der Waals surface area contributed by atoms with Gasteiger partial charge < -0.3 is 9.47 Å². The van der Waals surface area contributed by atoms with Crippen molar-refractivity contribution < 1.29 is 14.3 Å². The lowest BCUT2D eigenvalue weighted by Crippen LogP contribution is -2.38. The lowest BCUT2D eigenvalue weighted by atomic mass is 10.1. The highest BCUT2D eigenvalue weighted by Crippen LogP contribution is 2.45. The van der Waals surface area contributed by atoms with Crippen LogP contribution in [0.1, 0.15) is 42.3 Å². The maximum Gasteiger partial charge on any atom is 0.198 e. The van der Waals surface area contributed by atoms with Crippen molar-refractivity contribution >= 4 is 23.0 Å². The Kier molecular flexibility index (Phi) is 7.64. The summed E-state index contributed by atoms with van der Waals surface area (Å²) >= 11 is 0. The first-order chi connectivity index (χ1) is 19.0. The highest BCUT2D eigenvalue weighted by Gasteiger charge is 2.41. The van der Waals surface area contributed by atoms with Crippen LogP contribution in [0.15, 0.2) is 102 Å². The highest BCUT2D eigenvalue weighted by molar-refractivity contribution is 6.44. The van der Waals surface area contributed by atoms with Crippen LogP contribution < -0.4 is 19.4 Å². The smallest absolute Gasteiger partial charge is 0.198 e. The lowest BCUT2D eigenvalue weighted by molar-refractivity contribution is -0.111. The molecule has 0 saturated carbocycles. The number of hydrogen-bond donors (Lipinski definition) is 0. The molecule has 198 valence electrons. The third-order valence-corrected chi connectivity index (χ3v) is 6.61. The van der Waals surface area contributed by atoms with Crippen molar-refractivity contribution in [3.8, 4) is 11.5 Å². The highest BCUT2D eigenvalue weighted by atomic mass is 16.5. The molecule has 1 aliphatic heterocycles. The van der Waals surface area contributed by atoms with E-state index in [9.17, 15) is 4.79 Å². The second-order valence-corrected chi connectivity index (χ2v) is 9.62. The molecule has 0 fully saturated rings. The van der Waals surface area contributed by atoms with Gasteiger partial charge in [0.25, 0.3) is 0 Å². The molecule has 6 heteroatoms. The molecule has 5 rings (SSSR count). The van der Waals surface area contributed by atoms with Crippen LogP contribution in [-0.2, 0) is 11.4 Å². The average Bonchev–Trinajstić information content (AvgIpc) is 3.34. The minimum Gasteiger partial charge on any atom is -0.490 e. The molecule has 4 aromatic rings. The summed E-state index contributed by atoms with van der Waals surface area (Å²) in [6.45, 7) is 8.48. The maximum absolute atomic E-state index is 13.0. The monoisotopic (exact) mass is 519 g/mol. The zero-order valence-electron chi connectivity index (χ0n) is 22.8. The number of hydrogen-bond acceptors (Lipinski definition) is 6. The Hall–Kier alpha value is -4.58. The number of amidine groups is 1. The fraction of sp³-hybridized carbons (Fsp3) is 0.212. The minimum absolute atomic E-state index is 0.121. The Morgan fingerprint density at radius 2 is 1.56 bits per heavy atom. The summed E-state index contributed by atoms with van der Waals surface area (Å²) < 4.78 is 12.6. The van der Waals surface area contributed by atoms with Gasteiger partial charge in [0.05, 0.1) is 12.3 Å². The molecule has 0 saturated heterocycles. The Balaban J connectivity index is 1.69. The van der Waals surface area contributed by atoms with E-state index in [1.54, 1.807) is 6.92 Å². The number of ether oxygens (including phenoxy) is 2. The molecule has 6 nitrogen and oxygen atoms in total. The van der Waals surface area contributed by atoms with Gasteiger partial charge in [-0.2, -0.15) is 0 Å². The summed E-state index contributed by atoms with van der Waals surface area (Å²) in [7, 11) is 0. The van der Waals surface area contributed by atoms with Gasteiger partial charge in [-0.25, -0.2) is 5.01 Å². The van der Waals surface area contributed by atoms with Crippen LogP contribution >= 0.6 is 0 Å². The molecule has 0 N–H and O–H groups in total. The topological polar surface area (TPSA) is 54.4 Å². The van der Waals surface area contributed by atoms with Crippen molar-refractivity contribution in [2.45, 2.75) is 40.5 Å². The standard InChI is InChI=1S/C33H33N3O3/c1-5-38-30-16-10-15-29(31(30)39-22-26-12-7-6-8-13-26)33-35(28-14-9-11-24(3)21-28)32(25(4)37)34-36(33)27-19-17-23(2)18-20-27/h6-21,33H,5,22H2,1-4H3. The number of anilines is 2. The molecule has 1 atom stereocenters. The Bertz CT molecular complexity index is 1480. The average molecular weight is 520 g/mol. The van der Waals surface area contributed by atoms with Crippen LogP contribution in [0.5, 0.6) is 11.5 Å². The summed E-state index contributed by atoms with van der Waals surface area (Å²) in [5.74, 6) is 1.52. The Labute approximate surface area is 230 Å². The van der Waals surface area contributed by atoms with E-state index in [-0.39, 0.29) is 5.78 Å². The zero-order chi connectivity index (χ0) is 27.4. The third-order valence-electron chi connectivity index (χ3n) is 6.61. The van der Waals surface area contributed by atoms with Gasteiger partial charge in [-0.1, -0.05) is 72.3 Å². The van der Waals surface area contributed by atoms with Crippen molar-refractivity contribution in [1.29, 1.82) is 0 Å². The molecular formula is C33H33N3O3. The number of carbonyl (C=O) groups excluding carboxylic acids is 1. The van der Waals surface area contributed by atoms with Gasteiger partial charge >= 0.3 is 0 Å². The number of hydrazone groups is 1. The minimum atomic E-state index is -0.486. The normalized spacial score (nSPS) is 14.8. The first kappa shape index (κ1) is 26.0. The molecule has 0 aromatic heterocycles. The number of Topliss-reactive ketones (excluding diaryl/α,β-unsaturated/α-hetero) is 1. The summed E-state index contributed by atoms with van der Waals surface area (Å²) in [5.41, 5.74) is 5.87. The molecule has 4 aromatic carbocycles. The molecule has 1 unspecified atom stereocenters. The van der Waals surface area contributed by atoms with E-state index < -0.39 is 6.17 Å². The second-order valence-electron chi connectivity index (χ2n) is 9.62. The summed E-state index contributed by atoms with van der Waals surface area (Å²) in [4.78, 5) is 15.0. The second kappa shape index (κ2) is 11.4. The Morgan fingerprint density at radius 3 is 2.26 bits per heavy atom. The van der Waals surface area contributed by atoms with E-state index in [1.165, 1.54) is 0 Å². The first-order valence-electron chi connectivity index (χ1n) is 13.2. The van der Waals surface area contributed by atoms with Gasteiger partial charge in [-0.3, -0.25) is 9.69 Å². The number of para-hydroxylation sites is 1. The molecule has 39 heavy (non-hydrogen) atoms. The van der Waals surface area contributed by atoms with Gasteiger partial charge in [0.1, 0.15) is 6.61 Å². The van der Waals surface area contributed by atoms with Gasteiger partial charge in [0.2, 0.25) is 0 Å². The van der Waals surface area contributed by atoms with Gasteiger partial charge in [-0.05, 0) is 62.2 Å². The number of aryl methyl sites for hydroxylation is 2. The zero-order valence-corrected chi connectivity index (χ0v) is 22.8. The fourth-order valence-electron chi connectivity index (χ4n) is 4.77. The van der Waals surface area contributed by atoms with Crippen LogP contribution in [0, 0.1) is 13.8 Å². The molecule has 0 radical (unpaired) electrons. The van der Waals surface area contributed by atoms with Crippen LogP contribution in [0.2, 0.25) is 0 Å². The summed E-state index contributed by atoms with van der Waals surface area (Å²) in [5, 5.41) is 6.80. The van der Waals surface area contributed by atoms with Crippen molar-refractivity contribution in [2.24, 2.45) is 5.10 Å². The molecule has 0 amide bonds. The quantitative estimate of drug-likeness (QED) is 0.234. The fourth-order valence-corrected chi connectivity index (χ4v) is 4.77. The van der Waals surface area contributed by atoms with E-state index in [0.717, 1.165) is 33.6 Å². The van der Waals surface area contributed by atoms with E-state index in [4.69, 9.17) is 14.6 Å². The third kappa shape index (κ3) is 5.50. The Morgan fingerprint density at radius 1 is 0.821 bits per heavy atom. The van der Waals surface area contributed by atoms with Gasteiger partial charge in [0, 0.05) is 18.2 Å². The number of ketones is 1. The van der Waals surface area contributed by atoms with Crippen LogP contribution in [0.25, 0.3) is 0 Å². The van der Waals surface area contributed by atoms with Crippen LogP contribution in [0.3, 0.4) is 0 Å². The largest absolute Gasteiger partial charge is 0.490 e. The number of carbonyl (C=O) groups is 1. The molecule has 0 bridgehead atoms. The molecule has 0 aliphatic carbocycles. The van der Waals surface area contributed by atoms with Crippen molar-refractivity contribution in [3.05, 3.63) is 119 Å². The van der Waals surface area contributed by atoms with Crippen molar-refractivity contribution in [1.82, 2.24) is 0 Å². The van der Waals surface area contributed by atoms with Crippen LogP contribution in [0.4, 0.5) is 11.4 Å². The van der Waals surface area contributed by atoms with Crippen molar-refractivity contribution in [2.75, 3.05) is 16.5 Å². The SMILES string of the molecule is CCOc1cccc(C2N(c3ccc(C)cc3)N=C(C(C)=O)N2c2cccc(C)c2)c1OCc1ccccc1. The van der Waals surface area contributed by atoms with Gasteiger partial charge in [0.15, 0.2) is 29.3 Å². The number of rotatable bonds is 9.